The summed E-state index contributed by atoms with van der Waals surface area (Å²) in [7, 11) is 0. The Morgan fingerprint density at radius 1 is 1.55 bits per heavy atom. The maximum absolute atomic E-state index is 9.40. The summed E-state index contributed by atoms with van der Waals surface area (Å²) in [5.41, 5.74) is 0.777. The van der Waals surface area contributed by atoms with Crippen LogP contribution in [0.1, 0.15) is 26.7 Å². The quantitative estimate of drug-likeness (QED) is 0.706. The van der Waals surface area contributed by atoms with Crippen LogP contribution in [0.15, 0.2) is 24.2 Å². The zero-order chi connectivity index (χ0) is 8.97. The molecule has 0 saturated carbocycles. The Kier molecular flexibility index (Phi) is 2.45. The lowest BCUT2D eigenvalue weighted by Crippen LogP contribution is -1.83. The predicted octanol–water partition coefficient (Wildman–Crippen LogP) is 2.73. The van der Waals surface area contributed by atoms with Gasteiger partial charge in [0.15, 0.2) is 0 Å². The van der Waals surface area contributed by atoms with E-state index in [-0.39, 0.29) is 5.75 Å². The number of rotatable bonds is 3. The van der Waals surface area contributed by atoms with Crippen LogP contribution in [0.3, 0.4) is 0 Å². The largest absolute Gasteiger partial charge is 0.508 e. The lowest BCUT2D eigenvalue weighted by molar-refractivity contribution is 0.467. The third kappa shape index (κ3) is 2.26. The molecule has 0 amide bonds. The number of aromatic hydroxyl groups is 1. The van der Waals surface area contributed by atoms with E-state index in [0.29, 0.717) is 6.04 Å². The first-order chi connectivity index (χ1) is 5.75. The van der Waals surface area contributed by atoms with Gasteiger partial charge in [0.05, 0.1) is 1.37 Å². The third-order valence-electron chi connectivity index (χ3n) is 1.70. The molecule has 0 aliphatic heterocycles. The first-order valence-electron chi connectivity index (χ1n) is 4.53. The van der Waals surface area contributed by atoms with Crippen LogP contribution in [-0.2, 0) is 6.42 Å². The first-order valence-corrected chi connectivity index (χ1v) is 4.03. The standard InChI is InChI=1S/C10H14O/c1-2-3-6-9-7-4-5-8-10(9)11/h4-5,7-8,11H,2-3,6H2,1H3/i7T. The van der Waals surface area contributed by atoms with Crippen molar-refractivity contribution in [3.05, 3.63) is 29.8 Å². The van der Waals surface area contributed by atoms with Gasteiger partial charge in [0, 0.05) is 0 Å². The Bertz CT molecular complexity index is 238. The van der Waals surface area contributed by atoms with Crippen molar-refractivity contribution in [1.82, 2.24) is 0 Å². The average molecular weight is 152 g/mol. The first kappa shape index (κ1) is 6.71. The molecule has 0 bridgehead atoms. The molecule has 0 radical (unpaired) electrons. The number of benzene rings is 1. The average Bonchev–Trinajstić information content (AvgIpc) is 2.04. The number of phenolic OH excluding ortho intramolecular Hbond substituents is 1. The molecule has 1 rings (SSSR count). The van der Waals surface area contributed by atoms with E-state index in [1.807, 2.05) is 0 Å². The second-order valence-corrected chi connectivity index (χ2v) is 2.64. The number of hydrogen-bond acceptors (Lipinski definition) is 1. The third-order valence-corrected chi connectivity index (χ3v) is 1.70. The number of hydrogen-bond donors (Lipinski definition) is 1. The van der Waals surface area contributed by atoms with Gasteiger partial charge in [-0.25, -0.2) is 0 Å². The molecule has 1 aromatic carbocycles. The van der Waals surface area contributed by atoms with Crippen LogP contribution in [0.4, 0.5) is 0 Å². The Labute approximate surface area is 69.1 Å². The highest BCUT2D eigenvalue weighted by molar-refractivity contribution is 5.31. The Balaban J connectivity index is 2.81. The van der Waals surface area contributed by atoms with Crippen molar-refractivity contribution in [3.63, 3.8) is 0 Å². The van der Waals surface area contributed by atoms with Crippen LogP contribution in [0.5, 0.6) is 5.75 Å². The van der Waals surface area contributed by atoms with Crippen LogP contribution < -0.4 is 0 Å². The smallest absolute Gasteiger partial charge is 0.118 e. The van der Waals surface area contributed by atoms with Crippen LogP contribution >= 0.6 is 0 Å². The minimum atomic E-state index is 0.260. The molecule has 0 atom stereocenters. The normalized spacial score (nSPS) is 11.2. The van der Waals surface area contributed by atoms with Crippen LogP contribution in [0.2, 0.25) is 0 Å². The summed E-state index contributed by atoms with van der Waals surface area (Å²) < 4.78 is 7.53. The van der Waals surface area contributed by atoms with E-state index in [4.69, 9.17) is 1.37 Å². The van der Waals surface area contributed by atoms with E-state index in [9.17, 15) is 5.11 Å². The van der Waals surface area contributed by atoms with Gasteiger partial charge in [0.1, 0.15) is 5.75 Å². The highest BCUT2D eigenvalue weighted by atomic mass is 16.3. The van der Waals surface area contributed by atoms with Crippen molar-refractivity contribution in [3.8, 4) is 5.75 Å². The van der Waals surface area contributed by atoms with Crippen LogP contribution in [0, 0.1) is 0 Å². The fourth-order valence-corrected chi connectivity index (χ4v) is 1.02. The maximum atomic E-state index is 9.40. The second-order valence-electron chi connectivity index (χ2n) is 2.64. The van der Waals surface area contributed by atoms with Crippen molar-refractivity contribution in [2.75, 3.05) is 0 Å². The highest BCUT2D eigenvalue weighted by Crippen LogP contribution is 2.17. The summed E-state index contributed by atoms with van der Waals surface area (Å²) in [5, 5.41) is 9.40. The monoisotopic (exact) mass is 152 g/mol. The number of phenols is 1. The summed E-state index contributed by atoms with van der Waals surface area (Å²) in [5.74, 6) is 0.260. The summed E-state index contributed by atoms with van der Waals surface area (Å²) in [6, 6.07) is 5.50. The van der Waals surface area contributed by atoms with E-state index in [0.717, 1.165) is 24.8 Å². The minimum absolute atomic E-state index is 0.260. The van der Waals surface area contributed by atoms with Crippen LogP contribution in [-0.4, -0.2) is 5.11 Å². The van der Waals surface area contributed by atoms with E-state index in [2.05, 4.69) is 6.92 Å². The van der Waals surface area contributed by atoms with Crippen LogP contribution in [0.25, 0.3) is 0 Å². The van der Waals surface area contributed by atoms with Gasteiger partial charge < -0.3 is 5.11 Å². The highest BCUT2D eigenvalue weighted by Gasteiger charge is 1.96. The van der Waals surface area contributed by atoms with Gasteiger partial charge in [-0.15, -0.1) is 0 Å². The van der Waals surface area contributed by atoms with Gasteiger partial charge in [-0.3, -0.25) is 0 Å². The molecule has 0 aliphatic carbocycles. The fraction of sp³-hybridized carbons (Fsp3) is 0.400. The Hall–Kier alpha value is -0.980. The molecule has 0 saturated heterocycles. The number of unbranched alkanes of at least 4 members (excludes halogenated alkanes) is 1. The Morgan fingerprint density at radius 3 is 3.00 bits per heavy atom. The molecule has 1 nitrogen and oxygen atoms in total. The zero-order valence-corrected chi connectivity index (χ0v) is 6.80. The van der Waals surface area contributed by atoms with Gasteiger partial charge in [-0.2, -0.15) is 0 Å². The molecular weight excluding hydrogens is 136 g/mol. The molecule has 1 heteroatoms. The van der Waals surface area contributed by atoms with Gasteiger partial charge in [0.25, 0.3) is 0 Å². The van der Waals surface area contributed by atoms with Crippen molar-refractivity contribution >= 4 is 0 Å². The molecule has 0 aliphatic rings. The summed E-state index contributed by atoms with van der Waals surface area (Å²) in [6.07, 6.45) is 2.93. The molecule has 0 spiro atoms. The van der Waals surface area contributed by atoms with Gasteiger partial charge >= 0.3 is 0 Å². The minimum Gasteiger partial charge on any atom is -0.508 e. The molecule has 0 fully saturated rings. The lowest BCUT2D eigenvalue weighted by atomic mass is 10.1. The van der Waals surface area contributed by atoms with E-state index >= 15 is 0 Å². The lowest BCUT2D eigenvalue weighted by Gasteiger charge is -2.01. The maximum Gasteiger partial charge on any atom is 0.118 e. The fourth-order valence-electron chi connectivity index (χ4n) is 1.02. The van der Waals surface area contributed by atoms with E-state index in [1.165, 1.54) is 0 Å². The summed E-state index contributed by atoms with van der Waals surface area (Å²) >= 11 is 0. The van der Waals surface area contributed by atoms with Crippen molar-refractivity contribution in [1.29, 1.82) is 0 Å². The molecule has 0 unspecified atom stereocenters. The molecule has 11 heavy (non-hydrogen) atoms. The summed E-state index contributed by atoms with van der Waals surface area (Å²) in [4.78, 5) is 0. The zero-order valence-electron chi connectivity index (χ0n) is 7.80. The summed E-state index contributed by atoms with van der Waals surface area (Å²) in [6.45, 7) is 2.10. The molecule has 0 aromatic heterocycles. The van der Waals surface area contributed by atoms with Crippen molar-refractivity contribution in [2.45, 2.75) is 26.2 Å². The molecule has 60 valence electrons. The van der Waals surface area contributed by atoms with Gasteiger partial charge in [-0.05, 0) is 24.5 Å². The second kappa shape index (κ2) is 4.02. The topological polar surface area (TPSA) is 20.2 Å². The SMILES string of the molecule is [3H]c1cccc(O)c1CCCC. The van der Waals surface area contributed by atoms with Crippen molar-refractivity contribution < 1.29 is 6.48 Å². The molecular formula is C10H14O. The van der Waals surface area contributed by atoms with Crippen molar-refractivity contribution in [2.24, 2.45) is 0 Å². The van der Waals surface area contributed by atoms with E-state index < -0.39 is 0 Å². The van der Waals surface area contributed by atoms with E-state index in [1.54, 1.807) is 18.2 Å². The molecule has 1 N–H and O–H groups in total. The Morgan fingerprint density at radius 2 is 2.36 bits per heavy atom. The van der Waals surface area contributed by atoms with Gasteiger partial charge in [-0.1, -0.05) is 31.5 Å². The van der Waals surface area contributed by atoms with Gasteiger partial charge in [0.2, 0.25) is 0 Å². The number of para-hydroxylation sites is 1. The molecule has 0 heterocycles. The predicted molar refractivity (Wildman–Crippen MR) is 46.7 cm³/mol. The molecule has 1 aromatic rings.